The van der Waals surface area contributed by atoms with Crippen LogP contribution in [-0.4, -0.2) is 19.3 Å². The van der Waals surface area contributed by atoms with E-state index in [1.165, 1.54) is 0 Å². The monoisotopic (exact) mass is 275 g/mol. The molecule has 1 unspecified atom stereocenters. The van der Waals surface area contributed by atoms with Gasteiger partial charge in [-0.2, -0.15) is 0 Å². The molecule has 96 valence electrons. The van der Waals surface area contributed by atoms with Crippen LogP contribution in [0.3, 0.4) is 0 Å². The Balaban J connectivity index is 2.46. The van der Waals surface area contributed by atoms with Crippen LogP contribution in [-0.2, 0) is 4.74 Å². The van der Waals surface area contributed by atoms with Crippen molar-refractivity contribution in [1.29, 1.82) is 0 Å². The third-order valence-electron chi connectivity index (χ3n) is 2.43. The van der Waals surface area contributed by atoms with Crippen molar-refractivity contribution < 1.29 is 4.74 Å². The second-order valence-electron chi connectivity index (χ2n) is 4.26. The average molecular weight is 276 g/mol. The second-order valence-corrected chi connectivity index (χ2v) is 5.10. The summed E-state index contributed by atoms with van der Waals surface area (Å²) in [4.78, 5) is 0. The van der Waals surface area contributed by atoms with Gasteiger partial charge in [-0.1, -0.05) is 23.2 Å². The van der Waals surface area contributed by atoms with Gasteiger partial charge >= 0.3 is 0 Å². The first-order valence-electron chi connectivity index (χ1n) is 5.80. The third-order valence-corrected chi connectivity index (χ3v) is 3.01. The van der Waals surface area contributed by atoms with Crippen molar-refractivity contribution in [2.45, 2.75) is 32.9 Å². The molecule has 1 atom stereocenters. The molecule has 0 spiro atoms. The molecule has 0 bridgehead atoms. The molecule has 17 heavy (non-hydrogen) atoms. The van der Waals surface area contributed by atoms with Crippen molar-refractivity contribution in [2.75, 3.05) is 13.2 Å². The molecule has 1 aromatic carbocycles. The summed E-state index contributed by atoms with van der Waals surface area (Å²) in [5, 5.41) is 4.79. The van der Waals surface area contributed by atoms with E-state index in [0.29, 0.717) is 11.6 Å². The maximum Gasteiger partial charge on any atom is 0.0594 e. The van der Waals surface area contributed by atoms with Gasteiger partial charge in [-0.25, -0.2) is 0 Å². The maximum absolute atomic E-state index is 6.12. The summed E-state index contributed by atoms with van der Waals surface area (Å²) in [5.41, 5.74) is 1.02. The van der Waals surface area contributed by atoms with E-state index in [2.05, 4.69) is 12.2 Å². The van der Waals surface area contributed by atoms with Crippen molar-refractivity contribution >= 4 is 23.2 Å². The minimum Gasteiger partial charge on any atom is -0.377 e. The van der Waals surface area contributed by atoms with Crippen molar-refractivity contribution in [3.63, 3.8) is 0 Å². The predicted molar refractivity (Wildman–Crippen MR) is 74.0 cm³/mol. The van der Waals surface area contributed by atoms with E-state index in [9.17, 15) is 0 Å². The van der Waals surface area contributed by atoms with Crippen LogP contribution in [0.4, 0.5) is 0 Å². The van der Waals surface area contributed by atoms with Crippen LogP contribution in [0.1, 0.15) is 32.4 Å². The molecule has 0 radical (unpaired) electrons. The zero-order valence-electron chi connectivity index (χ0n) is 10.5. The highest BCUT2D eigenvalue weighted by atomic mass is 35.5. The molecular weight excluding hydrogens is 257 g/mol. The van der Waals surface area contributed by atoms with E-state index in [1.807, 2.05) is 26.0 Å². The van der Waals surface area contributed by atoms with Gasteiger partial charge in [0.1, 0.15) is 0 Å². The first-order valence-corrected chi connectivity index (χ1v) is 6.56. The summed E-state index contributed by atoms with van der Waals surface area (Å²) in [5.74, 6) is 0. The van der Waals surface area contributed by atoms with Gasteiger partial charge in [0.25, 0.3) is 0 Å². The van der Waals surface area contributed by atoms with Gasteiger partial charge in [0.05, 0.1) is 12.7 Å². The van der Waals surface area contributed by atoms with E-state index in [4.69, 9.17) is 27.9 Å². The number of rotatable bonds is 6. The molecule has 0 aliphatic carbocycles. The molecule has 0 aliphatic rings. The van der Waals surface area contributed by atoms with Crippen LogP contribution in [0, 0.1) is 0 Å². The molecule has 0 amide bonds. The van der Waals surface area contributed by atoms with Crippen molar-refractivity contribution in [3.8, 4) is 0 Å². The number of benzene rings is 1. The molecule has 0 saturated carbocycles. The van der Waals surface area contributed by atoms with Crippen molar-refractivity contribution in [3.05, 3.63) is 33.8 Å². The zero-order valence-corrected chi connectivity index (χ0v) is 12.0. The van der Waals surface area contributed by atoms with Gasteiger partial charge in [-0.3, -0.25) is 0 Å². The lowest BCUT2D eigenvalue weighted by Gasteiger charge is -2.16. The van der Waals surface area contributed by atoms with E-state index in [-0.39, 0.29) is 12.1 Å². The summed E-state index contributed by atoms with van der Waals surface area (Å²) >= 11 is 12.1. The number of hydrogen-bond acceptors (Lipinski definition) is 2. The third kappa shape index (κ3) is 5.26. The maximum atomic E-state index is 6.12. The predicted octanol–water partition coefficient (Wildman–Crippen LogP) is 4.07. The molecule has 0 aromatic heterocycles. The molecule has 1 N–H and O–H groups in total. The molecule has 2 nitrogen and oxygen atoms in total. The highest BCUT2D eigenvalue weighted by molar-refractivity contribution is 6.33. The Morgan fingerprint density at radius 2 is 1.94 bits per heavy atom. The van der Waals surface area contributed by atoms with E-state index in [1.54, 1.807) is 6.07 Å². The Hall–Kier alpha value is -0.280. The summed E-state index contributed by atoms with van der Waals surface area (Å²) in [6, 6.07) is 5.67. The minimum atomic E-state index is 0.164. The average Bonchev–Trinajstić information content (AvgIpc) is 2.27. The van der Waals surface area contributed by atoms with E-state index < -0.39 is 0 Å². The summed E-state index contributed by atoms with van der Waals surface area (Å²) < 4.78 is 5.46. The van der Waals surface area contributed by atoms with E-state index in [0.717, 1.165) is 17.1 Å². The highest BCUT2D eigenvalue weighted by Crippen LogP contribution is 2.25. The lowest BCUT2D eigenvalue weighted by Crippen LogP contribution is -2.24. The van der Waals surface area contributed by atoms with Crippen LogP contribution >= 0.6 is 23.2 Å². The minimum absolute atomic E-state index is 0.164. The molecule has 1 rings (SSSR count). The van der Waals surface area contributed by atoms with E-state index >= 15 is 0 Å². The normalized spacial score (nSPS) is 13.1. The Kier molecular flexibility index (Phi) is 6.28. The molecule has 0 fully saturated rings. The number of hydrogen-bond donors (Lipinski definition) is 1. The first kappa shape index (κ1) is 14.8. The van der Waals surface area contributed by atoms with Gasteiger partial charge in [0, 0.05) is 22.6 Å². The summed E-state index contributed by atoms with van der Waals surface area (Å²) in [7, 11) is 0. The van der Waals surface area contributed by atoms with Crippen LogP contribution in [0.25, 0.3) is 0 Å². The van der Waals surface area contributed by atoms with Gasteiger partial charge in [0.2, 0.25) is 0 Å². The van der Waals surface area contributed by atoms with Gasteiger partial charge in [-0.05, 0) is 44.5 Å². The van der Waals surface area contributed by atoms with Crippen LogP contribution < -0.4 is 5.32 Å². The van der Waals surface area contributed by atoms with Crippen LogP contribution in [0.2, 0.25) is 10.0 Å². The Morgan fingerprint density at radius 3 is 2.59 bits per heavy atom. The first-order chi connectivity index (χ1) is 8.00. The highest BCUT2D eigenvalue weighted by Gasteiger charge is 2.09. The van der Waals surface area contributed by atoms with Crippen molar-refractivity contribution in [1.82, 2.24) is 5.32 Å². The Labute approximate surface area is 113 Å². The number of halogens is 2. The topological polar surface area (TPSA) is 21.3 Å². The van der Waals surface area contributed by atoms with Gasteiger partial charge in [0.15, 0.2) is 0 Å². The molecule has 0 saturated heterocycles. The second kappa shape index (κ2) is 7.22. The molecule has 0 aliphatic heterocycles. The Bertz CT molecular complexity index is 355. The van der Waals surface area contributed by atoms with Crippen LogP contribution in [0.5, 0.6) is 0 Å². The summed E-state index contributed by atoms with van der Waals surface area (Å²) in [6.07, 6.45) is 0.266. The number of ether oxygens (including phenoxy) is 1. The lowest BCUT2D eigenvalue weighted by atomic mass is 10.1. The SMILES string of the molecule is CC(C)OCCNC(C)c1cc(Cl)ccc1Cl. The van der Waals surface area contributed by atoms with Gasteiger partial charge < -0.3 is 10.1 Å². The lowest BCUT2D eigenvalue weighted by molar-refractivity contribution is 0.0796. The standard InChI is InChI=1S/C13H19Cl2NO/c1-9(2)17-7-6-16-10(3)12-8-11(14)4-5-13(12)15/h4-5,8-10,16H,6-7H2,1-3H3. The van der Waals surface area contributed by atoms with Gasteiger partial charge in [-0.15, -0.1) is 0 Å². The fourth-order valence-corrected chi connectivity index (χ4v) is 1.99. The fourth-order valence-electron chi connectivity index (χ4n) is 1.53. The number of nitrogens with one attached hydrogen (secondary N) is 1. The molecule has 1 aromatic rings. The van der Waals surface area contributed by atoms with Crippen molar-refractivity contribution in [2.24, 2.45) is 0 Å². The molecule has 0 heterocycles. The zero-order chi connectivity index (χ0) is 12.8. The fraction of sp³-hybridized carbons (Fsp3) is 0.538. The quantitative estimate of drug-likeness (QED) is 0.791. The largest absolute Gasteiger partial charge is 0.377 e. The Morgan fingerprint density at radius 1 is 1.24 bits per heavy atom. The smallest absolute Gasteiger partial charge is 0.0594 e. The summed E-state index contributed by atoms with van der Waals surface area (Å²) in [6.45, 7) is 7.60. The molecule has 4 heteroatoms. The van der Waals surface area contributed by atoms with Crippen LogP contribution in [0.15, 0.2) is 18.2 Å². The molecular formula is C13H19Cl2NO.